The van der Waals surface area contributed by atoms with Gasteiger partial charge in [0.1, 0.15) is 5.54 Å². The first kappa shape index (κ1) is 12.6. The van der Waals surface area contributed by atoms with E-state index in [0.717, 1.165) is 10.9 Å². The molecule has 0 bridgehead atoms. The molecule has 1 aromatic rings. The molecule has 0 aromatic heterocycles. The summed E-state index contributed by atoms with van der Waals surface area (Å²) in [4.78, 5) is 11.6. The molecule has 0 spiro atoms. The molecule has 0 radical (unpaired) electrons. The van der Waals surface area contributed by atoms with Crippen LogP contribution in [-0.4, -0.2) is 18.6 Å². The summed E-state index contributed by atoms with van der Waals surface area (Å²) in [7, 11) is 1.39. The molecule has 0 saturated heterocycles. The Hall–Kier alpha value is -0.870. The van der Waals surface area contributed by atoms with Gasteiger partial charge in [0.25, 0.3) is 0 Å². The highest BCUT2D eigenvalue weighted by Gasteiger charge is 2.43. The van der Waals surface area contributed by atoms with E-state index >= 15 is 0 Å². The zero-order valence-corrected chi connectivity index (χ0v) is 11.4. The average molecular weight is 298 g/mol. The molecular weight excluding hydrogens is 282 g/mol. The van der Waals surface area contributed by atoms with Crippen molar-refractivity contribution in [2.24, 2.45) is 5.73 Å². The smallest absolute Gasteiger partial charge is 0.325 e. The van der Waals surface area contributed by atoms with Crippen LogP contribution < -0.4 is 5.73 Å². The second kappa shape index (κ2) is 4.78. The van der Waals surface area contributed by atoms with E-state index in [-0.39, 0.29) is 5.97 Å². The van der Waals surface area contributed by atoms with Crippen molar-refractivity contribution < 1.29 is 9.53 Å². The third-order valence-corrected chi connectivity index (χ3v) is 4.01. The molecule has 3 nitrogen and oxygen atoms in total. The Kier molecular flexibility index (Phi) is 3.54. The van der Waals surface area contributed by atoms with Crippen LogP contribution in [0.2, 0.25) is 0 Å². The minimum Gasteiger partial charge on any atom is -0.468 e. The maximum Gasteiger partial charge on any atom is 0.325 e. The number of ether oxygens (including phenoxy) is 1. The Morgan fingerprint density at radius 3 is 2.71 bits per heavy atom. The molecule has 1 fully saturated rings. The largest absolute Gasteiger partial charge is 0.468 e. The zero-order valence-electron chi connectivity index (χ0n) is 9.78. The predicted molar refractivity (Wildman–Crippen MR) is 69.7 cm³/mol. The maximum atomic E-state index is 11.6. The maximum absolute atomic E-state index is 11.6. The van der Waals surface area contributed by atoms with Gasteiger partial charge in [0.05, 0.1) is 7.11 Å². The molecular formula is C13H16BrNO2. The molecule has 1 aliphatic rings. The van der Waals surface area contributed by atoms with Crippen LogP contribution in [-0.2, 0) is 9.53 Å². The lowest BCUT2D eigenvalue weighted by Gasteiger charge is -2.20. The SMILES string of the molecule is COC(=O)C1(N)CC[C@@H](c2ccc(Br)cc2)C1. The number of halogens is 1. The number of nitrogens with two attached hydrogens (primary N) is 1. The fourth-order valence-corrected chi connectivity index (χ4v) is 2.75. The van der Waals surface area contributed by atoms with Gasteiger partial charge in [-0.1, -0.05) is 28.1 Å². The molecule has 0 aliphatic heterocycles. The second-order valence-corrected chi connectivity index (χ2v) is 5.55. The highest BCUT2D eigenvalue weighted by molar-refractivity contribution is 9.10. The van der Waals surface area contributed by atoms with Crippen molar-refractivity contribution in [3.05, 3.63) is 34.3 Å². The third kappa shape index (κ3) is 2.53. The summed E-state index contributed by atoms with van der Waals surface area (Å²) in [6.07, 6.45) is 2.30. The van der Waals surface area contributed by atoms with Gasteiger partial charge in [-0.05, 0) is 42.9 Å². The van der Waals surface area contributed by atoms with E-state index in [1.807, 2.05) is 12.1 Å². The van der Waals surface area contributed by atoms with Crippen molar-refractivity contribution in [3.63, 3.8) is 0 Å². The van der Waals surface area contributed by atoms with Gasteiger partial charge in [0, 0.05) is 4.47 Å². The zero-order chi connectivity index (χ0) is 12.5. The van der Waals surface area contributed by atoms with Crippen LogP contribution in [0, 0.1) is 0 Å². The number of rotatable bonds is 2. The molecule has 1 aromatic carbocycles. The Morgan fingerprint density at radius 1 is 1.47 bits per heavy atom. The van der Waals surface area contributed by atoms with E-state index in [4.69, 9.17) is 10.5 Å². The molecule has 2 rings (SSSR count). The summed E-state index contributed by atoms with van der Waals surface area (Å²) in [5.74, 6) is 0.0595. The van der Waals surface area contributed by atoms with Gasteiger partial charge >= 0.3 is 5.97 Å². The molecule has 2 atom stereocenters. The number of benzene rings is 1. The van der Waals surface area contributed by atoms with Crippen molar-refractivity contribution >= 4 is 21.9 Å². The molecule has 0 heterocycles. The minimum atomic E-state index is -0.799. The second-order valence-electron chi connectivity index (χ2n) is 4.64. The van der Waals surface area contributed by atoms with E-state index < -0.39 is 5.54 Å². The monoisotopic (exact) mass is 297 g/mol. The van der Waals surface area contributed by atoms with Crippen LogP contribution in [0.3, 0.4) is 0 Å². The van der Waals surface area contributed by atoms with E-state index in [9.17, 15) is 4.79 Å². The van der Waals surface area contributed by atoms with Crippen molar-refractivity contribution in [3.8, 4) is 0 Å². The minimum absolute atomic E-state index is 0.294. The molecule has 1 unspecified atom stereocenters. The molecule has 1 aliphatic carbocycles. The molecule has 1 saturated carbocycles. The van der Waals surface area contributed by atoms with Gasteiger partial charge in [-0.15, -0.1) is 0 Å². The lowest BCUT2D eigenvalue weighted by atomic mass is 9.93. The van der Waals surface area contributed by atoms with Gasteiger partial charge in [0.2, 0.25) is 0 Å². The summed E-state index contributed by atoms with van der Waals surface area (Å²) in [6.45, 7) is 0. The van der Waals surface area contributed by atoms with E-state index in [1.54, 1.807) is 0 Å². The van der Waals surface area contributed by atoms with Crippen molar-refractivity contribution in [2.45, 2.75) is 30.7 Å². The van der Waals surface area contributed by atoms with Crippen molar-refractivity contribution in [2.75, 3.05) is 7.11 Å². The number of hydrogen-bond acceptors (Lipinski definition) is 3. The van der Waals surface area contributed by atoms with Gasteiger partial charge in [-0.25, -0.2) is 0 Å². The Balaban J connectivity index is 2.12. The molecule has 92 valence electrons. The van der Waals surface area contributed by atoms with Crippen LogP contribution >= 0.6 is 15.9 Å². The number of methoxy groups -OCH3 is 1. The van der Waals surface area contributed by atoms with Gasteiger partial charge in [-0.2, -0.15) is 0 Å². The third-order valence-electron chi connectivity index (χ3n) is 3.48. The first-order valence-electron chi connectivity index (χ1n) is 5.68. The standard InChI is InChI=1S/C13H16BrNO2/c1-17-12(16)13(15)7-6-10(8-13)9-2-4-11(14)5-3-9/h2-5,10H,6-8,15H2,1H3/t10-,13?/m1/s1. The molecule has 4 heteroatoms. The fraction of sp³-hybridized carbons (Fsp3) is 0.462. The molecule has 2 N–H and O–H groups in total. The topological polar surface area (TPSA) is 52.3 Å². The first-order valence-corrected chi connectivity index (χ1v) is 6.47. The van der Waals surface area contributed by atoms with E-state index in [2.05, 4.69) is 28.1 Å². The van der Waals surface area contributed by atoms with Crippen LogP contribution in [0.25, 0.3) is 0 Å². The first-order chi connectivity index (χ1) is 8.05. The summed E-state index contributed by atoms with van der Waals surface area (Å²) < 4.78 is 5.83. The molecule has 0 amide bonds. The number of carbonyl (C=O) groups excluding carboxylic acids is 1. The fourth-order valence-electron chi connectivity index (χ4n) is 2.48. The Labute approximate surface area is 109 Å². The number of esters is 1. The summed E-state index contributed by atoms with van der Waals surface area (Å²) in [6, 6.07) is 8.20. The number of carbonyl (C=O) groups is 1. The highest BCUT2D eigenvalue weighted by Crippen LogP contribution is 2.40. The van der Waals surface area contributed by atoms with Crippen LogP contribution in [0.5, 0.6) is 0 Å². The van der Waals surface area contributed by atoms with Gasteiger partial charge in [0.15, 0.2) is 0 Å². The van der Waals surface area contributed by atoms with Crippen molar-refractivity contribution in [1.29, 1.82) is 0 Å². The van der Waals surface area contributed by atoms with E-state index in [1.165, 1.54) is 12.7 Å². The van der Waals surface area contributed by atoms with Gasteiger partial charge < -0.3 is 10.5 Å². The molecule has 17 heavy (non-hydrogen) atoms. The van der Waals surface area contributed by atoms with Crippen LogP contribution in [0.1, 0.15) is 30.7 Å². The Morgan fingerprint density at radius 2 is 2.12 bits per heavy atom. The van der Waals surface area contributed by atoms with Crippen LogP contribution in [0.4, 0.5) is 0 Å². The highest BCUT2D eigenvalue weighted by atomic mass is 79.9. The summed E-state index contributed by atoms with van der Waals surface area (Å²) in [5, 5.41) is 0. The normalized spacial score (nSPS) is 28.1. The average Bonchev–Trinajstić information content (AvgIpc) is 2.73. The summed E-state index contributed by atoms with van der Waals surface area (Å²) >= 11 is 3.41. The quantitative estimate of drug-likeness (QED) is 0.854. The lowest BCUT2D eigenvalue weighted by molar-refractivity contribution is -0.146. The van der Waals surface area contributed by atoms with Crippen LogP contribution in [0.15, 0.2) is 28.7 Å². The predicted octanol–water partition coefficient (Wildman–Crippen LogP) is 2.59. The van der Waals surface area contributed by atoms with Crippen molar-refractivity contribution in [1.82, 2.24) is 0 Å². The summed E-state index contributed by atoms with van der Waals surface area (Å²) in [5.41, 5.74) is 6.53. The lowest BCUT2D eigenvalue weighted by Crippen LogP contribution is -2.46. The van der Waals surface area contributed by atoms with Gasteiger partial charge in [-0.3, -0.25) is 4.79 Å². The number of hydrogen-bond donors (Lipinski definition) is 1. The Bertz CT molecular complexity index is 418. The van der Waals surface area contributed by atoms with E-state index in [0.29, 0.717) is 18.8 Å².